The summed E-state index contributed by atoms with van der Waals surface area (Å²) < 4.78 is 37.5. The summed E-state index contributed by atoms with van der Waals surface area (Å²) in [6, 6.07) is 5.68. The van der Waals surface area contributed by atoms with E-state index >= 15 is 0 Å². The second-order valence-electron chi connectivity index (χ2n) is 2.85. The van der Waals surface area contributed by atoms with Gasteiger partial charge in [0.05, 0.1) is 0 Å². The van der Waals surface area contributed by atoms with E-state index in [0.717, 1.165) is 0 Å². The van der Waals surface area contributed by atoms with Gasteiger partial charge in [0.25, 0.3) is 0 Å². The largest absolute Gasteiger partial charge is 0.442 e. The van der Waals surface area contributed by atoms with Crippen LogP contribution in [0.3, 0.4) is 0 Å². The quantitative estimate of drug-likeness (QED) is 0.692. The van der Waals surface area contributed by atoms with Crippen molar-refractivity contribution < 1.29 is 13.2 Å². The normalized spacial score (nSPS) is 18.3. The molecule has 2 rings (SSSR count). The Morgan fingerprint density at radius 2 is 1.71 bits per heavy atom. The maximum atomic E-state index is 12.5. The molecule has 1 aliphatic rings. The van der Waals surface area contributed by atoms with Crippen LogP contribution in [0, 0.1) is 0 Å². The zero-order valence-corrected chi connectivity index (χ0v) is 7.47. The molecule has 1 aromatic rings. The summed E-state index contributed by atoms with van der Waals surface area (Å²) in [6.45, 7) is 0. The Kier molecular flexibility index (Phi) is 1.82. The Morgan fingerprint density at radius 1 is 1.14 bits per heavy atom. The van der Waals surface area contributed by atoms with Crippen molar-refractivity contribution >= 4 is 11.6 Å². The Hall–Kier alpha value is -1.10. The zero-order valence-electron chi connectivity index (χ0n) is 6.72. The summed E-state index contributed by atoms with van der Waals surface area (Å²) in [6.07, 6.45) is -4.52. The molecule has 0 aromatic heterocycles. The van der Waals surface area contributed by atoms with Gasteiger partial charge in [-0.05, 0) is 6.07 Å². The first-order valence-electron chi connectivity index (χ1n) is 3.73. The first kappa shape index (κ1) is 9.45. The van der Waals surface area contributed by atoms with E-state index in [1.165, 1.54) is 18.2 Å². The van der Waals surface area contributed by atoms with E-state index in [4.69, 9.17) is 11.6 Å². The van der Waals surface area contributed by atoms with Gasteiger partial charge in [0.1, 0.15) is 0 Å². The number of halogens is 4. The molecule has 0 bridgehead atoms. The Balaban J connectivity index is 2.46. The van der Waals surface area contributed by atoms with Crippen LogP contribution in [0.5, 0.6) is 0 Å². The summed E-state index contributed by atoms with van der Waals surface area (Å²) in [5.41, 5.74) is -2.53. The maximum absolute atomic E-state index is 12.5. The van der Waals surface area contributed by atoms with E-state index in [2.05, 4.69) is 10.2 Å². The van der Waals surface area contributed by atoms with Crippen LogP contribution in [-0.4, -0.2) is 6.18 Å². The molecule has 1 aliphatic heterocycles. The van der Waals surface area contributed by atoms with Gasteiger partial charge < -0.3 is 0 Å². The monoisotopic (exact) mass is 220 g/mol. The molecule has 0 saturated heterocycles. The fraction of sp³-hybridized carbons (Fsp3) is 0.250. The molecule has 0 amide bonds. The highest BCUT2D eigenvalue weighted by Gasteiger charge is 2.65. The predicted molar refractivity (Wildman–Crippen MR) is 44.0 cm³/mol. The number of hydrogen-bond donors (Lipinski definition) is 0. The molecule has 0 unspecified atom stereocenters. The first-order chi connectivity index (χ1) is 6.47. The number of benzene rings is 1. The first-order valence-corrected chi connectivity index (χ1v) is 4.11. The van der Waals surface area contributed by atoms with Crippen molar-refractivity contribution in [2.75, 3.05) is 0 Å². The summed E-state index contributed by atoms with van der Waals surface area (Å²) in [5.74, 6) is 0. The molecule has 0 spiro atoms. The van der Waals surface area contributed by atoms with Crippen molar-refractivity contribution in [2.24, 2.45) is 10.2 Å². The molecule has 14 heavy (non-hydrogen) atoms. The van der Waals surface area contributed by atoms with E-state index in [1.54, 1.807) is 6.07 Å². The van der Waals surface area contributed by atoms with Crippen LogP contribution in [0.15, 0.2) is 34.5 Å². The van der Waals surface area contributed by atoms with Crippen molar-refractivity contribution in [3.8, 4) is 0 Å². The number of nitrogens with zero attached hydrogens (tertiary/aromatic N) is 2. The molecular formula is C8H4ClF3N2. The van der Waals surface area contributed by atoms with Gasteiger partial charge in [0.15, 0.2) is 0 Å². The molecule has 1 aromatic carbocycles. The van der Waals surface area contributed by atoms with Gasteiger partial charge in [-0.15, -0.1) is 10.2 Å². The number of alkyl halides is 3. The summed E-state index contributed by atoms with van der Waals surface area (Å²) in [5, 5.41) is 6.13. The van der Waals surface area contributed by atoms with Gasteiger partial charge in [-0.2, -0.15) is 13.2 Å². The Labute approximate surface area is 82.4 Å². The fourth-order valence-electron chi connectivity index (χ4n) is 1.17. The molecule has 0 atom stereocenters. The van der Waals surface area contributed by atoms with E-state index in [9.17, 15) is 13.2 Å². The van der Waals surface area contributed by atoms with Gasteiger partial charge in [0, 0.05) is 10.6 Å². The molecule has 0 N–H and O–H groups in total. The van der Waals surface area contributed by atoms with Crippen LogP contribution in [0.1, 0.15) is 5.56 Å². The van der Waals surface area contributed by atoms with Crippen LogP contribution in [0.2, 0.25) is 5.02 Å². The van der Waals surface area contributed by atoms with Crippen molar-refractivity contribution in [1.29, 1.82) is 0 Å². The van der Waals surface area contributed by atoms with E-state index in [-0.39, 0.29) is 10.6 Å². The lowest BCUT2D eigenvalue weighted by atomic mass is 10.0. The highest BCUT2D eigenvalue weighted by atomic mass is 35.5. The van der Waals surface area contributed by atoms with Crippen molar-refractivity contribution in [3.05, 3.63) is 34.9 Å². The summed E-state index contributed by atoms with van der Waals surface area (Å²) in [7, 11) is 0. The van der Waals surface area contributed by atoms with E-state index < -0.39 is 11.8 Å². The third-order valence-electron chi connectivity index (χ3n) is 1.94. The predicted octanol–water partition coefficient (Wildman–Crippen LogP) is 3.52. The van der Waals surface area contributed by atoms with Crippen molar-refractivity contribution in [2.45, 2.75) is 11.8 Å². The minimum atomic E-state index is -4.52. The molecule has 6 heteroatoms. The lowest BCUT2D eigenvalue weighted by Crippen LogP contribution is -2.30. The lowest BCUT2D eigenvalue weighted by molar-refractivity contribution is -0.166. The van der Waals surface area contributed by atoms with E-state index in [1.807, 2.05) is 0 Å². The maximum Gasteiger partial charge on any atom is 0.442 e. The molecule has 74 valence electrons. The van der Waals surface area contributed by atoms with Crippen LogP contribution >= 0.6 is 11.6 Å². The Bertz CT molecular complexity index is 394. The van der Waals surface area contributed by atoms with Gasteiger partial charge in [-0.25, -0.2) is 0 Å². The SMILES string of the molecule is FC(F)(F)C1(c2ccccc2Cl)N=N1. The van der Waals surface area contributed by atoms with Crippen molar-refractivity contribution in [1.82, 2.24) is 0 Å². The van der Waals surface area contributed by atoms with Crippen LogP contribution in [0.25, 0.3) is 0 Å². The summed E-state index contributed by atoms with van der Waals surface area (Å²) >= 11 is 5.63. The fourth-order valence-corrected chi connectivity index (χ4v) is 1.44. The third-order valence-corrected chi connectivity index (χ3v) is 2.27. The molecular weight excluding hydrogens is 217 g/mol. The minimum Gasteiger partial charge on any atom is -0.166 e. The van der Waals surface area contributed by atoms with E-state index in [0.29, 0.717) is 0 Å². The lowest BCUT2D eigenvalue weighted by Gasteiger charge is -2.15. The second-order valence-corrected chi connectivity index (χ2v) is 3.26. The topological polar surface area (TPSA) is 24.7 Å². The van der Waals surface area contributed by atoms with Crippen LogP contribution in [-0.2, 0) is 5.66 Å². The molecule has 2 nitrogen and oxygen atoms in total. The van der Waals surface area contributed by atoms with Gasteiger partial charge in [-0.3, -0.25) is 0 Å². The second kappa shape index (κ2) is 2.70. The molecule has 1 heterocycles. The molecule has 0 fully saturated rings. The van der Waals surface area contributed by atoms with Crippen LogP contribution in [0.4, 0.5) is 13.2 Å². The average Bonchev–Trinajstić information content (AvgIpc) is 2.84. The summed E-state index contributed by atoms with van der Waals surface area (Å²) in [4.78, 5) is 0. The molecule has 0 radical (unpaired) electrons. The standard InChI is InChI=1S/C8H4ClF3N2/c9-6-4-2-1-3-5(6)7(13-14-7)8(10,11)12/h1-4H. The van der Waals surface area contributed by atoms with Gasteiger partial charge in [0.2, 0.25) is 0 Å². The highest BCUT2D eigenvalue weighted by Crippen LogP contribution is 2.53. The van der Waals surface area contributed by atoms with Gasteiger partial charge in [-0.1, -0.05) is 29.8 Å². The molecule has 0 saturated carbocycles. The minimum absolute atomic E-state index is 0.0230. The highest BCUT2D eigenvalue weighted by molar-refractivity contribution is 6.31. The average molecular weight is 221 g/mol. The van der Waals surface area contributed by atoms with Gasteiger partial charge >= 0.3 is 11.8 Å². The number of hydrogen-bond acceptors (Lipinski definition) is 2. The zero-order chi connectivity index (χ0) is 10.4. The smallest absolute Gasteiger partial charge is 0.166 e. The molecule has 0 aliphatic carbocycles. The van der Waals surface area contributed by atoms with Crippen LogP contribution < -0.4 is 0 Å². The van der Waals surface area contributed by atoms with Crippen molar-refractivity contribution in [3.63, 3.8) is 0 Å². The number of rotatable bonds is 1. The third kappa shape index (κ3) is 1.19. The Morgan fingerprint density at radius 3 is 2.14 bits per heavy atom.